The van der Waals surface area contributed by atoms with Crippen LogP contribution in [0.5, 0.6) is 0 Å². The highest BCUT2D eigenvalue weighted by molar-refractivity contribution is 6.40. The molecule has 20 heavy (non-hydrogen) atoms. The Morgan fingerprint density at radius 2 is 1.30 bits per heavy atom. The fourth-order valence-corrected chi connectivity index (χ4v) is 1.06. The summed E-state index contributed by atoms with van der Waals surface area (Å²) in [6.45, 7) is 7.08. The van der Waals surface area contributed by atoms with Crippen LogP contribution >= 0.6 is 0 Å². The second-order valence-electron chi connectivity index (χ2n) is 4.08. The number of oxime groups is 2. The van der Waals surface area contributed by atoms with Crippen molar-refractivity contribution in [2.24, 2.45) is 25.4 Å². The number of hydrogen-bond donors (Lipinski definition) is 2. The summed E-state index contributed by atoms with van der Waals surface area (Å²) in [4.78, 5) is 11.1. The van der Waals surface area contributed by atoms with Crippen LogP contribution in [0, 0.1) is 0 Å². The van der Waals surface area contributed by atoms with E-state index in [0.717, 1.165) is 0 Å². The molecule has 110 valence electrons. The van der Waals surface area contributed by atoms with Crippen molar-refractivity contribution in [3.05, 3.63) is 10.4 Å². The Labute approximate surface area is 117 Å². The normalized spacial score (nSPS) is 15.8. The van der Waals surface area contributed by atoms with Crippen molar-refractivity contribution in [2.45, 2.75) is 33.7 Å². The largest absolute Gasteiger partial charge is 0.411 e. The maximum absolute atomic E-state index is 8.60. The summed E-state index contributed by atoms with van der Waals surface area (Å²) in [6.07, 6.45) is 0. The van der Waals surface area contributed by atoms with Crippen LogP contribution in [-0.2, 0) is 0 Å². The molecule has 0 saturated heterocycles. The summed E-state index contributed by atoms with van der Waals surface area (Å²) in [5.74, 6) is 0. The molecule has 0 bridgehead atoms. The number of azide groups is 1. The third kappa shape index (κ3) is 6.50. The first-order chi connectivity index (χ1) is 9.46. The van der Waals surface area contributed by atoms with Crippen LogP contribution in [0.4, 0.5) is 0 Å². The van der Waals surface area contributed by atoms with Crippen molar-refractivity contribution < 1.29 is 10.4 Å². The molecule has 0 aromatic rings. The van der Waals surface area contributed by atoms with Crippen molar-refractivity contribution >= 4 is 22.8 Å². The lowest BCUT2D eigenvalue weighted by Gasteiger charge is -2.06. The first kappa shape index (κ1) is 17.6. The second kappa shape index (κ2) is 9.51. The zero-order valence-corrected chi connectivity index (χ0v) is 12.0. The topological polar surface area (TPSA) is 139 Å². The van der Waals surface area contributed by atoms with E-state index >= 15 is 0 Å². The summed E-state index contributed by atoms with van der Waals surface area (Å²) >= 11 is 0. The Kier molecular flexibility index (Phi) is 8.36. The number of rotatable bonds is 7. The number of nitrogens with zero attached hydrogens (tertiary/aromatic N) is 7. The van der Waals surface area contributed by atoms with Crippen LogP contribution in [0.2, 0.25) is 0 Å². The summed E-state index contributed by atoms with van der Waals surface area (Å²) in [5.41, 5.74) is 10.4. The number of aliphatic imine (C=N–C) groups is 2. The molecule has 0 aliphatic rings. The molecule has 0 fully saturated rings. The van der Waals surface area contributed by atoms with Gasteiger partial charge in [-0.25, -0.2) is 0 Å². The molecule has 0 radical (unpaired) electrons. The molecular formula is C11H19N7O2. The summed E-state index contributed by atoms with van der Waals surface area (Å²) < 4.78 is 0. The molecule has 9 heteroatoms. The molecular weight excluding hydrogens is 262 g/mol. The van der Waals surface area contributed by atoms with Crippen molar-refractivity contribution in [1.29, 1.82) is 0 Å². The van der Waals surface area contributed by atoms with Gasteiger partial charge >= 0.3 is 0 Å². The molecule has 9 nitrogen and oxygen atoms in total. The van der Waals surface area contributed by atoms with Gasteiger partial charge in [0, 0.05) is 18.0 Å². The fourth-order valence-electron chi connectivity index (χ4n) is 1.06. The minimum absolute atomic E-state index is 0.231. The Balaban J connectivity index is 4.81. The van der Waals surface area contributed by atoms with Crippen molar-refractivity contribution in [3.8, 4) is 0 Å². The highest BCUT2D eigenvalue weighted by Crippen LogP contribution is 1.98. The van der Waals surface area contributed by atoms with E-state index in [1.165, 1.54) is 0 Å². The van der Waals surface area contributed by atoms with Gasteiger partial charge in [-0.2, -0.15) is 0 Å². The quantitative estimate of drug-likeness (QED) is 0.184. The Morgan fingerprint density at radius 1 is 0.900 bits per heavy atom. The Bertz CT molecular complexity index is 451. The predicted molar refractivity (Wildman–Crippen MR) is 78.7 cm³/mol. The maximum atomic E-state index is 8.60. The molecule has 2 N–H and O–H groups in total. The monoisotopic (exact) mass is 281 g/mol. The second-order valence-corrected chi connectivity index (χ2v) is 4.08. The van der Waals surface area contributed by atoms with Crippen molar-refractivity contribution in [1.82, 2.24) is 0 Å². The summed E-state index contributed by atoms with van der Waals surface area (Å²) in [6, 6.07) is -0.456. The fraction of sp³-hybridized carbons (Fsp3) is 0.636. The van der Waals surface area contributed by atoms with Gasteiger partial charge in [0.2, 0.25) is 0 Å². The molecule has 0 rings (SSSR count). The van der Waals surface area contributed by atoms with Crippen LogP contribution in [0.3, 0.4) is 0 Å². The highest BCUT2D eigenvalue weighted by atomic mass is 16.4. The van der Waals surface area contributed by atoms with E-state index < -0.39 is 6.04 Å². The van der Waals surface area contributed by atoms with Gasteiger partial charge in [0.25, 0.3) is 0 Å². The molecule has 0 aliphatic heterocycles. The van der Waals surface area contributed by atoms with Crippen LogP contribution in [-0.4, -0.2) is 52.4 Å². The molecule has 0 aromatic heterocycles. The predicted octanol–water partition coefficient (Wildman–Crippen LogP) is 2.29. The van der Waals surface area contributed by atoms with Crippen LogP contribution in [0.1, 0.15) is 27.7 Å². The lowest BCUT2D eigenvalue weighted by Crippen LogP contribution is -2.17. The van der Waals surface area contributed by atoms with Gasteiger partial charge in [0.15, 0.2) is 0 Å². The van der Waals surface area contributed by atoms with Crippen LogP contribution < -0.4 is 0 Å². The Morgan fingerprint density at radius 3 is 1.60 bits per heavy atom. The first-order valence-electron chi connectivity index (χ1n) is 5.90. The van der Waals surface area contributed by atoms with E-state index in [2.05, 4.69) is 30.3 Å². The average Bonchev–Trinajstić information content (AvgIpc) is 2.47. The molecule has 0 atom stereocenters. The van der Waals surface area contributed by atoms with Crippen LogP contribution in [0.25, 0.3) is 10.4 Å². The molecule has 0 saturated carbocycles. The zero-order chi connectivity index (χ0) is 15.5. The van der Waals surface area contributed by atoms with Gasteiger partial charge in [-0.05, 0) is 33.2 Å². The molecule has 0 aliphatic carbocycles. The van der Waals surface area contributed by atoms with E-state index in [9.17, 15) is 0 Å². The lowest BCUT2D eigenvalue weighted by atomic mass is 10.2. The van der Waals surface area contributed by atoms with Crippen molar-refractivity contribution in [2.75, 3.05) is 13.1 Å². The molecule has 0 heterocycles. The maximum Gasteiger partial charge on any atom is 0.0971 e. The average molecular weight is 281 g/mol. The Hall–Kier alpha value is -2.41. The number of hydrogen-bond acceptors (Lipinski definition) is 7. The molecule has 0 unspecified atom stereocenters. The van der Waals surface area contributed by atoms with E-state index in [-0.39, 0.29) is 13.1 Å². The van der Waals surface area contributed by atoms with Gasteiger partial charge in [0.05, 0.1) is 28.9 Å². The minimum Gasteiger partial charge on any atom is -0.411 e. The SMILES string of the molecule is CC(=NCC(CN=C(C)/C(C)=N/O)N=[N+]=[N-])/C(C)=N/O. The van der Waals surface area contributed by atoms with E-state index in [0.29, 0.717) is 22.8 Å². The third-order valence-electron chi connectivity index (χ3n) is 2.64. The van der Waals surface area contributed by atoms with Gasteiger partial charge in [-0.1, -0.05) is 15.4 Å². The molecule has 0 amide bonds. The third-order valence-corrected chi connectivity index (χ3v) is 2.64. The summed E-state index contributed by atoms with van der Waals surface area (Å²) in [5, 5.41) is 26.9. The van der Waals surface area contributed by atoms with Crippen molar-refractivity contribution in [3.63, 3.8) is 0 Å². The van der Waals surface area contributed by atoms with E-state index in [4.69, 9.17) is 15.9 Å². The van der Waals surface area contributed by atoms with Gasteiger partial charge in [-0.3, -0.25) is 9.98 Å². The van der Waals surface area contributed by atoms with Gasteiger partial charge in [-0.15, -0.1) is 0 Å². The molecule has 0 aromatic carbocycles. The van der Waals surface area contributed by atoms with Gasteiger partial charge < -0.3 is 10.4 Å². The smallest absolute Gasteiger partial charge is 0.0971 e. The highest BCUT2D eigenvalue weighted by Gasteiger charge is 2.07. The summed E-state index contributed by atoms with van der Waals surface area (Å²) in [7, 11) is 0. The minimum atomic E-state index is -0.456. The zero-order valence-electron chi connectivity index (χ0n) is 12.0. The van der Waals surface area contributed by atoms with E-state index in [1.807, 2.05) is 0 Å². The lowest BCUT2D eigenvalue weighted by molar-refractivity contribution is 0.319. The standard InChI is InChI=1S/C11H19N7O2/c1-7(9(3)16-19)13-5-11(15-18-12)6-14-8(2)10(4)17-20/h11,19-20H,5-6H2,1-4H3/b13-7?,14-8?,16-9+,17-10+. The molecule has 0 spiro atoms. The van der Waals surface area contributed by atoms with Crippen LogP contribution in [0.15, 0.2) is 25.4 Å². The van der Waals surface area contributed by atoms with Gasteiger partial charge in [0.1, 0.15) is 0 Å². The van der Waals surface area contributed by atoms with E-state index in [1.54, 1.807) is 27.7 Å². The first-order valence-corrected chi connectivity index (χ1v) is 5.90.